The van der Waals surface area contributed by atoms with Gasteiger partial charge in [0.05, 0.1) is 56.2 Å². The van der Waals surface area contributed by atoms with E-state index in [0.29, 0.717) is 11.6 Å². The third-order valence-electron chi connectivity index (χ3n) is 19.4. The summed E-state index contributed by atoms with van der Waals surface area (Å²) in [5.41, 5.74) is 30.8. The average Bonchev–Trinajstić information content (AvgIpc) is 0.768. The van der Waals surface area contributed by atoms with Gasteiger partial charge in [0.25, 0.3) is 0 Å². The maximum Gasteiger partial charge on any atom is 0.160 e. The van der Waals surface area contributed by atoms with Crippen molar-refractivity contribution < 1.29 is 0 Å². The largest absolute Gasteiger partial charge is 0.251 e. The quantitative estimate of drug-likeness (QED) is 0.111. The lowest BCUT2D eigenvalue weighted by atomic mass is 9.97. The summed E-state index contributed by atoms with van der Waals surface area (Å²) in [6, 6.07) is 118. The molecule has 0 spiro atoms. The normalized spacial score (nSPS) is 11.3. The van der Waals surface area contributed by atoms with Crippen molar-refractivity contribution in [3.05, 3.63) is 362 Å². The van der Waals surface area contributed by atoms with Gasteiger partial charge in [0, 0.05) is 77.4 Å². The molecular formula is C96H68N8. The number of aryl methyl sites for hydroxylation is 4. The minimum absolute atomic E-state index is 0.683. The second-order valence-corrected chi connectivity index (χ2v) is 26.5. The van der Waals surface area contributed by atoms with Gasteiger partial charge in [-0.2, -0.15) is 0 Å². The van der Waals surface area contributed by atoms with Crippen LogP contribution in [0.4, 0.5) is 0 Å². The van der Waals surface area contributed by atoms with E-state index in [9.17, 15) is 0 Å². The SMILES string of the molecule is Cc1ccc2ccc3c(C)cc(-c4cccc(-c5cccc(-c6cc(-c7ccc(-c8ccccc8)cc7)nc(-c7ccccc7)n6)c5)c4)nc3c2n1.Cc1ccc2ccc3c(C)cc(-c4cccc(-c5cccc(-c6nc(-c7ccccc7)cc(-c7ccc(-c8ccccc8)cc7)n6)c5)c4)nc3c2n1. The Kier molecular flexibility index (Phi) is 17.1. The van der Waals surface area contributed by atoms with Gasteiger partial charge in [0.2, 0.25) is 0 Å². The monoisotopic (exact) mass is 1330 g/mol. The van der Waals surface area contributed by atoms with Crippen molar-refractivity contribution in [2.75, 3.05) is 0 Å². The molecule has 0 saturated carbocycles. The van der Waals surface area contributed by atoms with Gasteiger partial charge >= 0.3 is 0 Å². The topological polar surface area (TPSA) is 103 Å². The molecule has 6 aromatic heterocycles. The fourth-order valence-corrected chi connectivity index (χ4v) is 13.9. The van der Waals surface area contributed by atoms with Gasteiger partial charge in [-0.3, -0.25) is 9.97 Å². The highest BCUT2D eigenvalue weighted by Crippen LogP contribution is 2.38. The summed E-state index contributed by atoms with van der Waals surface area (Å²) in [6.07, 6.45) is 0. The van der Waals surface area contributed by atoms with Crippen LogP contribution in [0.3, 0.4) is 0 Å². The highest BCUT2D eigenvalue weighted by Gasteiger charge is 2.18. The Morgan fingerprint density at radius 3 is 0.827 bits per heavy atom. The average molecular weight is 1330 g/mol. The van der Waals surface area contributed by atoms with Crippen molar-refractivity contribution in [1.82, 2.24) is 39.9 Å². The van der Waals surface area contributed by atoms with Crippen LogP contribution in [0.15, 0.2) is 340 Å². The first kappa shape index (κ1) is 63.9. The van der Waals surface area contributed by atoms with Crippen molar-refractivity contribution in [2.45, 2.75) is 27.7 Å². The molecular weight excluding hydrogens is 1270 g/mol. The third kappa shape index (κ3) is 13.2. The zero-order chi connectivity index (χ0) is 70.0. The van der Waals surface area contributed by atoms with E-state index in [1.807, 2.05) is 62.4 Å². The summed E-state index contributed by atoms with van der Waals surface area (Å²) in [6.45, 7) is 8.36. The second-order valence-electron chi connectivity index (χ2n) is 26.5. The molecule has 492 valence electrons. The van der Waals surface area contributed by atoms with Crippen LogP contribution in [0.5, 0.6) is 0 Å². The Hall–Kier alpha value is -13.6. The molecule has 0 amide bonds. The Labute approximate surface area is 604 Å². The van der Waals surface area contributed by atoms with Crippen molar-refractivity contribution >= 4 is 43.6 Å². The van der Waals surface area contributed by atoms with Gasteiger partial charge in [0.15, 0.2) is 11.6 Å². The van der Waals surface area contributed by atoms with E-state index in [1.54, 1.807) is 0 Å². The number of hydrogen-bond donors (Lipinski definition) is 0. The second kappa shape index (κ2) is 27.9. The standard InChI is InChI=1S/2C48H34N4/c1-31-27-43(50-47-42(31)26-25-36-20-19-32(2)49-46(36)47)40-17-9-15-38(28-40)39-16-10-18-41(29-39)45-30-44(51-48(52-45)37-13-7-4-8-14-37)35-23-21-34(22-24-35)33-11-5-3-6-12-33;1-31-27-43(50-47-42(31)26-25-37-20-19-32(2)49-46(37)47)40-17-9-15-38(28-40)39-16-10-18-41(29-39)48-51-44(35-13-7-4-8-14-35)30-45(52-48)36-23-21-34(22-24-36)33-11-5-3-6-12-33/h2*3-30H,1-2H3. The Balaban J connectivity index is 0.000000154. The molecule has 8 heteroatoms. The predicted octanol–water partition coefficient (Wildman–Crippen LogP) is 24.4. The maximum absolute atomic E-state index is 5.20. The van der Waals surface area contributed by atoms with Gasteiger partial charge in [-0.15, -0.1) is 0 Å². The summed E-state index contributed by atoms with van der Waals surface area (Å²) in [4.78, 5) is 40.6. The lowest BCUT2D eigenvalue weighted by Gasteiger charge is -2.12. The summed E-state index contributed by atoms with van der Waals surface area (Å²) in [7, 11) is 0. The minimum Gasteiger partial charge on any atom is -0.251 e. The molecule has 12 aromatic carbocycles. The van der Waals surface area contributed by atoms with E-state index in [4.69, 9.17) is 39.9 Å². The first-order chi connectivity index (χ1) is 51.1. The fourth-order valence-electron chi connectivity index (χ4n) is 13.9. The molecule has 0 atom stereocenters. The van der Waals surface area contributed by atoms with Gasteiger partial charge < -0.3 is 0 Å². The van der Waals surface area contributed by atoms with Gasteiger partial charge in [-0.05, 0) is 144 Å². The van der Waals surface area contributed by atoms with Crippen LogP contribution in [0, 0.1) is 27.7 Å². The Bertz CT molecular complexity index is 5860. The zero-order valence-corrected chi connectivity index (χ0v) is 57.9. The summed E-state index contributed by atoms with van der Waals surface area (Å²) < 4.78 is 0. The highest BCUT2D eigenvalue weighted by molar-refractivity contribution is 6.06. The molecule has 0 aliphatic heterocycles. The maximum atomic E-state index is 5.20. The minimum atomic E-state index is 0.683. The van der Waals surface area contributed by atoms with Gasteiger partial charge in [-0.25, -0.2) is 29.9 Å². The van der Waals surface area contributed by atoms with Crippen molar-refractivity contribution in [3.63, 3.8) is 0 Å². The molecule has 104 heavy (non-hydrogen) atoms. The molecule has 0 aliphatic carbocycles. The van der Waals surface area contributed by atoms with Gasteiger partial charge in [-0.1, -0.05) is 279 Å². The molecule has 0 fully saturated rings. The van der Waals surface area contributed by atoms with Gasteiger partial charge in [0.1, 0.15) is 0 Å². The first-order valence-electron chi connectivity index (χ1n) is 35.1. The predicted molar refractivity (Wildman–Crippen MR) is 429 cm³/mol. The molecule has 0 bridgehead atoms. The van der Waals surface area contributed by atoms with E-state index in [0.717, 1.165) is 156 Å². The van der Waals surface area contributed by atoms with Crippen LogP contribution >= 0.6 is 0 Å². The molecule has 0 unspecified atom stereocenters. The number of aromatic nitrogens is 8. The highest BCUT2D eigenvalue weighted by atomic mass is 14.9. The van der Waals surface area contributed by atoms with E-state index in [-0.39, 0.29) is 0 Å². The smallest absolute Gasteiger partial charge is 0.160 e. The van der Waals surface area contributed by atoms with Crippen LogP contribution in [0.1, 0.15) is 22.5 Å². The molecule has 18 rings (SSSR count). The van der Waals surface area contributed by atoms with Crippen LogP contribution in [0.2, 0.25) is 0 Å². The van der Waals surface area contributed by atoms with E-state index >= 15 is 0 Å². The summed E-state index contributed by atoms with van der Waals surface area (Å²) >= 11 is 0. The molecule has 6 heterocycles. The summed E-state index contributed by atoms with van der Waals surface area (Å²) in [5, 5.41) is 4.45. The fraction of sp³-hybridized carbons (Fsp3) is 0.0417. The van der Waals surface area contributed by atoms with Crippen LogP contribution in [-0.2, 0) is 0 Å². The third-order valence-corrected chi connectivity index (χ3v) is 19.4. The van der Waals surface area contributed by atoms with E-state index < -0.39 is 0 Å². The number of hydrogen-bond acceptors (Lipinski definition) is 8. The van der Waals surface area contributed by atoms with Crippen LogP contribution in [-0.4, -0.2) is 39.9 Å². The lowest BCUT2D eigenvalue weighted by molar-refractivity contribution is 1.18. The Morgan fingerprint density at radius 2 is 0.433 bits per heavy atom. The molecule has 8 nitrogen and oxygen atoms in total. The zero-order valence-electron chi connectivity index (χ0n) is 57.9. The van der Waals surface area contributed by atoms with Crippen molar-refractivity contribution in [2.24, 2.45) is 0 Å². The summed E-state index contributed by atoms with van der Waals surface area (Å²) in [5.74, 6) is 1.38. The Morgan fingerprint density at radius 1 is 0.163 bits per heavy atom. The van der Waals surface area contributed by atoms with E-state index in [1.165, 1.54) is 33.4 Å². The lowest BCUT2D eigenvalue weighted by Crippen LogP contribution is -1.96. The molecule has 0 radical (unpaired) electrons. The number of benzene rings is 12. The number of pyridine rings is 4. The first-order valence-corrected chi connectivity index (χ1v) is 35.1. The molecule has 0 saturated heterocycles. The van der Waals surface area contributed by atoms with Crippen LogP contribution in [0.25, 0.3) is 178 Å². The number of nitrogens with zero attached hydrogens (tertiary/aromatic N) is 8. The molecule has 0 N–H and O–H groups in total. The van der Waals surface area contributed by atoms with E-state index in [2.05, 4.69) is 305 Å². The number of fused-ring (bicyclic) bond motifs is 6. The molecule has 18 aromatic rings. The van der Waals surface area contributed by atoms with Crippen molar-refractivity contribution in [1.29, 1.82) is 0 Å². The molecule has 0 aliphatic rings. The van der Waals surface area contributed by atoms with Crippen LogP contribution < -0.4 is 0 Å². The van der Waals surface area contributed by atoms with Crippen molar-refractivity contribution in [3.8, 4) is 135 Å². The number of rotatable bonds is 12.